The van der Waals surface area contributed by atoms with E-state index >= 15 is 0 Å². The van der Waals surface area contributed by atoms with E-state index in [9.17, 15) is 14.7 Å². The number of carbonyl (C=O) groups excluding carboxylic acids is 1. The normalized spacial score (nSPS) is 25.3. The second-order valence-corrected chi connectivity index (χ2v) is 7.97. The van der Waals surface area contributed by atoms with Crippen LogP contribution in [-0.2, 0) is 11.3 Å². The average molecular weight is 382 g/mol. The van der Waals surface area contributed by atoms with Gasteiger partial charge in [0.25, 0.3) is 5.91 Å². The van der Waals surface area contributed by atoms with Gasteiger partial charge in [0.1, 0.15) is 0 Å². The molecular formula is C21H26N4O3. The zero-order chi connectivity index (χ0) is 19.7. The molecule has 0 unspecified atom stereocenters. The molecule has 1 aromatic heterocycles. The molecule has 7 heteroatoms. The number of amides is 1. The Morgan fingerprint density at radius 3 is 2.86 bits per heavy atom. The lowest BCUT2D eigenvalue weighted by Crippen LogP contribution is -2.63. The summed E-state index contributed by atoms with van der Waals surface area (Å²) in [6.07, 6.45) is 5.72. The molecule has 0 bridgehead atoms. The highest BCUT2D eigenvalue weighted by Gasteiger charge is 2.52. The van der Waals surface area contributed by atoms with Crippen LogP contribution < -0.4 is 0 Å². The lowest BCUT2D eigenvalue weighted by Gasteiger charge is -2.51. The third-order valence-electron chi connectivity index (χ3n) is 6.32. The monoisotopic (exact) mass is 382 g/mol. The van der Waals surface area contributed by atoms with Crippen molar-refractivity contribution in [2.24, 2.45) is 5.41 Å². The van der Waals surface area contributed by atoms with Crippen LogP contribution in [0, 0.1) is 5.41 Å². The third kappa shape index (κ3) is 3.30. The predicted octanol–water partition coefficient (Wildman–Crippen LogP) is 1.94. The first-order valence-electron chi connectivity index (χ1n) is 9.79. The maximum Gasteiger partial charge on any atom is 0.311 e. The van der Waals surface area contributed by atoms with E-state index < -0.39 is 11.4 Å². The summed E-state index contributed by atoms with van der Waals surface area (Å²) in [6, 6.07) is 9.36. The van der Waals surface area contributed by atoms with Gasteiger partial charge in [0.2, 0.25) is 0 Å². The van der Waals surface area contributed by atoms with Gasteiger partial charge in [-0.15, -0.1) is 0 Å². The molecule has 2 fully saturated rings. The van der Waals surface area contributed by atoms with Crippen molar-refractivity contribution in [3.05, 3.63) is 53.9 Å². The van der Waals surface area contributed by atoms with Crippen LogP contribution in [0.1, 0.15) is 35.2 Å². The lowest BCUT2D eigenvalue weighted by atomic mass is 9.68. The van der Waals surface area contributed by atoms with E-state index in [1.807, 2.05) is 53.2 Å². The quantitative estimate of drug-likeness (QED) is 0.874. The number of likely N-dealkylation sites (tertiary alicyclic amines) is 2. The van der Waals surface area contributed by atoms with Crippen LogP contribution in [0.4, 0.5) is 0 Å². The predicted molar refractivity (Wildman–Crippen MR) is 104 cm³/mol. The summed E-state index contributed by atoms with van der Waals surface area (Å²) in [4.78, 5) is 29.1. The molecule has 0 saturated carbocycles. The Morgan fingerprint density at radius 2 is 2.11 bits per heavy atom. The molecule has 0 spiro atoms. The van der Waals surface area contributed by atoms with E-state index in [-0.39, 0.29) is 11.9 Å². The van der Waals surface area contributed by atoms with Crippen molar-refractivity contribution in [2.75, 3.05) is 26.7 Å². The number of carboxylic acid groups (broad SMARTS) is 1. The number of aliphatic carboxylic acids is 1. The number of carboxylic acids is 1. The highest BCUT2D eigenvalue weighted by Crippen LogP contribution is 2.42. The number of piperidine rings is 2. The molecule has 1 N–H and O–H groups in total. The Morgan fingerprint density at radius 1 is 1.25 bits per heavy atom. The van der Waals surface area contributed by atoms with Crippen LogP contribution >= 0.6 is 0 Å². The summed E-state index contributed by atoms with van der Waals surface area (Å²) >= 11 is 0. The molecular weight excluding hydrogens is 356 g/mol. The summed E-state index contributed by atoms with van der Waals surface area (Å²) in [5.41, 5.74) is 0.929. The minimum Gasteiger partial charge on any atom is -0.481 e. The molecule has 2 atom stereocenters. The van der Waals surface area contributed by atoms with Crippen molar-refractivity contribution in [3.63, 3.8) is 0 Å². The largest absolute Gasteiger partial charge is 0.481 e. The summed E-state index contributed by atoms with van der Waals surface area (Å²) in [5, 5.41) is 14.1. The molecule has 0 radical (unpaired) electrons. The van der Waals surface area contributed by atoms with Gasteiger partial charge in [-0.05, 0) is 56.6 Å². The number of benzene rings is 1. The topological polar surface area (TPSA) is 78.7 Å². The fraction of sp³-hybridized carbons (Fsp3) is 0.476. The van der Waals surface area contributed by atoms with Crippen molar-refractivity contribution >= 4 is 11.9 Å². The van der Waals surface area contributed by atoms with Crippen LogP contribution in [0.15, 0.2) is 42.7 Å². The number of carbonyl (C=O) groups is 2. The Balaban J connectivity index is 1.52. The molecule has 2 aliphatic rings. The van der Waals surface area contributed by atoms with Crippen molar-refractivity contribution in [1.82, 2.24) is 19.6 Å². The Labute approximate surface area is 164 Å². The van der Waals surface area contributed by atoms with Gasteiger partial charge in [-0.3, -0.25) is 14.3 Å². The Kier molecular flexibility index (Phi) is 4.93. The second kappa shape index (κ2) is 7.39. The molecule has 2 saturated heterocycles. The van der Waals surface area contributed by atoms with Crippen LogP contribution in [-0.4, -0.2) is 69.3 Å². The number of likely N-dealkylation sites (N-methyl/N-ethyl adjacent to an activating group) is 1. The summed E-state index contributed by atoms with van der Waals surface area (Å²) in [5.74, 6) is -0.752. The average Bonchev–Trinajstić information content (AvgIpc) is 3.20. The van der Waals surface area contributed by atoms with Gasteiger partial charge < -0.3 is 14.9 Å². The first-order chi connectivity index (χ1) is 13.5. The molecule has 1 aromatic carbocycles. The molecule has 1 amide bonds. The molecule has 7 nitrogen and oxygen atoms in total. The molecule has 2 aromatic rings. The number of hydrogen-bond donors (Lipinski definition) is 1. The number of rotatable bonds is 4. The van der Waals surface area contributed by atoms with Crippen molar-refractivity contribution in [3.8, 4) is 0 Å². The zero-order valence-corrected chi connectivity index (χ0v) is 16.1. The lowest BCUT2D eigenvalue weighted by molar-refractivity contribution is -0.161. The minimum atomic E-state index is -0.730. The fourth-order valence-electron chi connectivity index (χ4n) is 4.74. The van der Waals surface area contributed by atoms with E-state index in [0.717, 1.165) is 18.5 Å². The summed E-state index contributed by atoms with van der Waals surface area (Å²) in [6.45, 7) is 2.44. The van der Waals surface area contributed by atoms with Gasteiger partial charge in [0, 0.05) is 37.1 Å². The highest BCUT2D eigenvalue weighted by atomic mass is 16.4. The van der Waals surface area contributed by atoms with Gasteiger partial charge in [-0.2, -0.15) is 5.10 Å². The Bertz CT molecular complexity index is 866. The van der Waals surface area contributed by atoms with E-state index in [1.165, 1.54) is 0 Å². The van der Waals surface area contributed by atoms with Gasteiger partial charge in [-0.25, -0.2) is 0 Å². The van der Waals surface area contributed by atoms with E-state index in [0.29, 0.717) is 38.0 Å². The third-order valence-corrected chi connectivity index (χ3v) is 6.32. The number of aromatic nitrogens is 2. The van der Waals surface area contributed by atoms with Gasteiger partial charge in [0.15, 0.2) is 0 Å². The van der Waals surface area contributed by atoms with Crippen LogP contribution in [0.2, 0.25) is 0 Å². The number of hydrogen-bond acceptors (Lipinski definition) is 4. The SMILES string of the molecule is CN1CCC[C@]2(C(=O)O)CCN(C(=O)c3cccc(Cn4cccn4)c3)C[C@@H]12. The Hall–Kier alpha value is -2.67. The van der Waals surface area contributed by atoms with Gasteiger partial charge in [-0.1, -0.05) is 12.1 Å². The van der Waals surface area contributed by atoms with Crippen LogP contribution in [0.3, 0.4) is 0 Å². The van der Waals surface area contributed by atoms with Crippen molar-refractivity contribution < 1.29 is 14.7 Å². The maximum absolute atomic E-state index is 13.1. The maximum atomic E-state index is 13.1. The smallest absolute Gasteiger partial charge is 0.311 e. The molecule has 148 valence electrons. The first-order valence-corrected chi connectivity index (χ1v) is 9.79. The van der Waals surface area contributed by atoms with Crippen molar-refractivity contribution in [1.29, 1.82) is 0 Å². The van der Waals surface area contributed by atoms with Gasteiger partial charge in [0.05, 0.1) is 12.0 Å². The van der Waals surface area contributed by atoms with Crippen LogP contribution in [0.5, 0.6) is 0 Å². The molecule has 3 heterocycles. The van der Waals surface area contributed by atoms with Crippen LogP contribution in [0.25, 0.3) is 0 Å². The van der Waals surface area contributed by atoms with E-state index in [4.69, 9.17) is 0 Å². The summed E-state index contributed by atoms with van der Waals surface area (Å²) in [7, 11) is 1.97. The first kappa shape index (κ1) is 18.7. The standard InChI is InChI=1S/C21H26N4O3/c1-23-10-3-7-21(20(27)28)8-12-24(15-18(21)23)19(26)17-6-2-5-16(13-17)14-25-11-4-9-22-25/h2,4-6,9,11,13,18H,3,7-8,10,12,14-15H2,1H3,(H,27,28)/t18-,21+/m1/s1. The van der Waals surface area contributed by atoms with Crippen molar-refractivity contribution in [2.45, 2.75) is 31.8 Å². The minimum absolute atomic E-state index is 0.0275. The van der Waals surface area contributed by atoms with Gasteiger partial charge >= 0.3 is 5.97 Å². The molecule has 28 heavy (non-hydrogen) atoms. The number of fused-ring (bicyclic) bond motifs is 1. The summed E-state index contributed by atoms with van der Waals surface area (Å²) < 4.78 is 1.82. The van der Waals surface area contributed by atoms with E-state index in [2.05, 4.69) is 10.00 Å². The number of nitrogens with zero attached hydrogens (tertiary/aromatic N) is 4. The second-order valence-electron chi connectivity index (χ2n) is 7.97. The zero-order valence-electron chi connectivity index (χ0n) is 16.1. The van der Waals surface area contributed by atoms with E-state index in [1.54, 1.807) is 6.20 Å². The highest BCUT2D eigenvalue weighted by molar-refractivity contribution is 5.94. The fourth-order valence-corrected chi connectivity index (χ4v) is 4.74. The molecule has 4 rings (SSSR count). The molecule has 2 aliphatic heterocycles. The molecule has 0 aliphatic carbocycles.